The van der Waals surface area contributed by atoms with Gasteiger partial charge in [-0.2, -0.15) is 5.26 Å². The Morgan fingerprint density at radius 1 is 1.19 bits per heavy atom. The third kappa shape index (κ3) is 2.72. The summed E-state index contributed by atoms with van der Waals surface area (Å²) in [6.07, 6.45) is 0.409. The molecule has 3 aliphatic heterocycles. The normalized spacial score (nSPS) is 23.7. The Morgan fingerprint density at radius 2 is 1.88 bits per heavy atom. The van der Waals surface area contributed by atoms with Crippen molar-refractivity contribution >= 4 is 35.1 Å². The summed E-state index contributed by atoms with van der Waals surface area (Å²) in [4.78, 5) is 43.3. The van der Waals surface area contributed by atoms with Crippen LogP contribution in [0, 0.1) is 29.9 Å². The first-order valence-electron chi connectivity index (χ1n) is 9.85. The van der Waals surface area contributed by atoms with Crippen LogP contribution in [0.4, 0.5) is 19.3 Å². The van der Waals surface area contributed by atoms with Gasteiger partial charge < -0.3 is 9.80 Å². The van der Waals surface area contributed by atoms with Crippen molar-refractivity contribution < 1.29 is 23.2 Å². The zero-order chi connectivity index (χ0) is 22.9. The number of rotatable bonds is 2. The summed E-state index contributed by atoms with van der Waals surface area (Å²) >= 11 is 6.22. The van der Waals surface area contributed by atoms with Crippen LogP contribution >= 0.6 is 11.6 Å². The van der Waals surface area contributed by atoms with E-state index in [1.807, 2.05) is 6.07 Å². The fraction of sp³-hybridized carbons (Fsp3) is 0.273. The summed E-state index contributed by atoms with van der Waals surface area (Å²) in [7, 11) is 0. The molecule has 32 heavy (non-hydrogen) atoms. The van der Waals surface area contributed by atoms with E-state index in [0.717, 1.165) is 17.0 Å². The lowest BCUT2D eigenvalue weighted by Crippen LogP contribution is -2.54. The molecule has 0 spiro atoms. The van der Waals surface area contributed by atoms with Gasteiger partial charge in [-0.05, 0) is 43.2 Å². The van der Waals surface area contributed by atoms with Gasteiger partial charge in [0.25, 0.3) is 11.8 Å². The zero-order valence-electron chi connectivity index (χ0n) is 16.7. The molecule has 2 aromatic carbocycles. The predicted octanol–water partition coefficient (Wildman–Crippen LogP) is 3.23. The van der Waals surface area contributed by atoms with Crippen LogP contribution in [0.5, 0.6) is 0 Å². The summed E-state index contributed by atoms with van der Waals surface area (Å²) in [5, 5.41) is 9.30. The average Bonchev–Trinajstić information content (AvgIpc) is 3.41. The van der Waals surface area contributed by atoms with Gasteiger partial charge in [-0.3, -0.25) is 9.59 Å². The molecule has 2 bridgehead atoms. The predicted molar refractivity (Wildman–Crippen MR) is 109 cm³/mol. The van der Waals surface area contributed by atoms with Gasteiger partial charge >= 0.3 is 6.03 Å². The molecule has 5 rings (SSSR count). The van der Waals surface area contributed by atoms with Crippen molar-refractivity contribution in [3.63, 3.8) is 0 Å². The Morgan fingerprint density at radius 3 is 2.53 bits per heavy atom. The highest BCUT2D eigenvalue weighted by Gasteiger charge is 2.63. The zero-order valence-corrected chi connectivity index (χ0v) is 17.4. The van der Waals surface area contributed by atoms with Crippen LogP contribution in [0.3, 0.4) is 0 Å². The second-order valence-electron chi connectivity index (χ2n) is 8.06. The lowest BCUT2D eigenvalue weighted by atomic mass is 10.1. The van der Waals surface area contributed by atoms with E-state index in [2.05, 4.69) is 0 Å². The van der Waals surface area contributed by atoms with E-state index in [1.54, 1.807) is 6.92 Å². The topological polar surface area (TPSA) is 84.7 Å². The minimum Gasteiger partial charge on any atom is -0.331 e. The van der Waals surface area contributed by atoms with Crippen LogP contribution in [0.2, 0.25) is 5.02 Å². The minimum atomic E-state index is -0.891. The van der Waals surface area contributed by atoms with Crippen molar-refractivity contribution in [2.45, 2.75) is 31.5 Å². The molecular formula is C22H15ClF2N4O3. The summed E-state index contributed by atoms with van der Waals surface area (Å²) in [6, 6.07) is 5.08. The summed E-state index contributed by atoms with van der Waals surface area (Å²) in [6.45, 7) is 1.78. The van der Waals surface area contributed by atoms with Crippen molar-refractivity contribution in [2.75, 3.05) is 11.4 Å². The second kappa shape index (κ2) is 7.00. The summed E-state index contributed by atoms with van der Waals surface area (Å²) in [5.41, 5.74) is 0.781. The van der Waals surface area contributed by atoms with Crippen molar-refractivity contribution in [1.82, 2.24) is 9.80 Å². The molecule has 0 saturated carbocycles. The van der Waals surface area contributed by atoms with Crippen LogP contribution in [-0.2, 0) is 4.79 Å². The standard InChI is InChI=1S/C22H15ClF2N4O3/c1-10-16(3-2-11(8-26)18(10)23)29-21(31)19-17-7-15(28(19)22(29)32)9-27(17)20(30)12-4-13(24)6-14(25)5-12/h2-6,15,17,19H,7,9H2,1H3/t15-,17?,19?/m1/s1. The third-order valence-electron chi connectivity index (χ3n) is 6.35. The molecule has 3 saturated heterocycles. The molecule has 10 heteroatoms. The fourth-order valence-corrected chi connectivity index (χ4v) is 5.16. The second-order valence-corrected chi connectivity index (χ2v) is 8.44. The van der Waals surface area contributed by atoms with Crippen molar-refractivity contribution in [2.24, 2.45) is 0 Å². The van der Waals surface area contributed by atoms with Gasteiger partial charge in [0.2, 0.25) is 0 Å². The molecule has 4 amide bonds. The lowest BCUT2D eigenvalue weighted by molar-refractivity contribution is -0.121. The SMILES string of the molecule is Cc1c(N2C(=O)C3C4C[C@H](CN4C(=O)c4cc(F)cc(F)c4)N3C2=O)ccc(C#N)c1Cl. The van der Waals surface area contributed by atoms with Gasteiger partial charge in [-0.25, -0.2) is 18.5 Å². The van der Waals surface area contributed by atoms with Crippen LogP contribution in [0.1, 0.15) is 27.9 Å². The number of likely N-dealkylation sites (tertiary alicyclic amines) is 1. The molecule has 0 aliphatic carbocycles. The molecule has 162 valence electrons. The number of hydrogen-bond donors (Lipinski definition) is 0. The number of benzene rings is 2. The maximum absolute atomic E-state index is 13.6. The van der Waals surface area contributed by atoms with Gasteiger partial charge in [-0.15, -0.1) is 0 Å². The Kier molecular flexibility index (Phi) is 4.46. The van der Waals surface area contributed by atoms with E-state index in [1.165, 1.54) is 21.9 Å². The fourth-order valence-electron chi connectivity index (χ4n) is 4.96. The van der Waals surface area contributed by atoms with Crippen LogP contribution < -0.4 is 4.90 Å². The lowest BCUT2D eigenvalue weighted by Gasteiger charge is -2.35. The van der Waals surface area contributed by atoms with E-state index in [4.69, 9.17) is 16.9 Å². The van der Waals surface area contributed by atoms with Crippen molar-refractivity contribution in [3.05, 3.63) is 63.7 Å². The minimum absolute atomic E-state index is 0.148. The molecule has 3 heterocycles. The third-order valence-corrected chi connectivity index (χ3v) is 6.84. The number of urea groups is 1. The maximum Gasteiger partial charge on any atom is 0.332 e. The Bertz CT molecular complexity index is 1240. The van der Waals surface area contributed by atoms with Gasteiger partial charge in [0.1, 0.15) is 23.7 Å². The first-order valence-corrected chi connectivity index (χ1v) is 10.2. The average molecular weight is 457 g/mol. The molecule has 2 aromatic rings. The first kappa shape index (κ1) is 20.4. The van der Waals surface area contributed by atoms with Crippen LogP contribution in [0.25, 0.3) is 0 Å². The summed E-state index contributed by atoms with van der Waals surface area (Å²) < 4.78 is 27.2. The van der Waals surface area contributed by atoms with E-state index in [9.17, 15) is 23.2 Å². The molecule has 3 fully saturated rings. The molecule has 3 aliphatic rings. The highest BCUT2D eigenvalue weighted by Crippen LogP contribution is 2.44. The maximum atomic E-state index is 13.6. The number of fused-ring (bicyclic) bond motifs is 5. The van der Waals surface area contributed by atoms with E-state index >= 15 is 0 Å². The van der Waals surface area contributed by atoms with E-state index in [0.29, 0.717) is 18.1 Å². The molecule has 7 nitrogen and oxygen atoms in total. The van der Waals surface area contributed by atoms with Crippen LogP contribution in [-0.4, -0.2) is 52.3 Å². The number of hydrogen-bond acceptors (Lipinski definition) is 4. The molecule has 3 atom stereocenters. The summed E-state index contributed by atoms with van der Waals surface area (Å²) in [5.74, 6) is -2.84. The highest BCUT2D eigenvalue weighted by atomic mass is 35.5. The van der Waals surface area contributed by atoms with Crippen molar-refractivity contribution in [1.29, 1.82) is 5.26 Å². The number of halogens is 3. The first-order chi connectivity index (χ1) is 15.2. The van der Waals surface area contributed by atoms with Gasteiger partial charge in [-0.1, -0.05) is 11.6 Å². The van der Waals surface area contributed by atoms with E-state index < -0.39 is 41.6 Å². The largest absolute Gasteiger partial charge is 0.332 e. The molecule has 0 aromatic heterocycles. The number of piperazine rings is 1. The number of carbonyl (C=O) groups excluding carboxylic acids is 3. The molecular weight excluding hydrogens is 442 g/mol. The van der Waals surface area contributed by atoms with Gasteiger partial charge in [0.15, 0.2) is 0 Å². The Labute approximate surface area is 186 Å². The number of carbonyl (C=O) groups is 3. The van der Waals surface area contributed by atoms with Gasteiger partial charge in [0, 0.05) is 18.2 Å². The number of nitrogens with zero attached hydrogens (tertiary/aromatic N) is 4. The number of imide groups is 1. The van der Waals surface area contributed by atoms with Crippen molar-refractivity contribution in [3.8, 4) is 6.07 Å². The number of amides is 4. The molecule has 2 unspecified atom stereocenters. The highest BCUT2D eigenvalue weighted by molar-refractivity contribution is 6.33. The quantitative estimate of drug-likeness (QED) is 0.649. The van der Waals surface area contributed by atoms with Gasteiger partial charge in [0.05, 0.1) is 28.4 Å². The Hall–Kier alpha value is -3.51. The van der Waals surface area contributed by atoms with Crippen LogP contribution in [0.15, 0.2) is 30.3 Å². The molecule has 0 radical (unpaired) electrons. The Balaban J connectivity index is 1.47. The monoisotopic (exact) mass is 456 g/mol. The molecule has 0 N–H and O–H groups in total. The number of anilines is 1. The smallest absolute Gasteiger partial charge is 0.331 e. The number of nitriles is 1. The van der Waals surface area contributed by atoms with E-state index in [-0.39, 0.29) is 34.4 Å².